The topological polar surface area (TPSA) is 45.8 Å². The summed E-state index contributed by atoms with van der Waals surface area (Å²) in [5.41, 5.74) is 0.936. The number of hydrogen-bond donors (Lipinski definition) is 1. The summed E-state index contributed by atoms with van der Waals surface area (Å²) in [5.74, 6) is 0. The maximum absolute atomic E-state index is 12.0. The van der Waals surface area contributed by atoms with E-state index >= 15 is 0 Å². The molecule has 3 aromatic rings. The van der Waals surface area contributed by atoms with Gasteiger partial charge in [-0.2, -0.15) is 0 Å². The summed E-state index contributed by atoms with van der Waals surface area (Å²) in [6.07, 6.45) is 1.90. The van der Waals surface area contributed by atoms with Gasteiger partial charge in [0.2, 0.25) is 0 Å². The molecule has 0 saturated heterocycles. The smallest absolute Gasteiger partial charge is 0.260 e. The lowest BCUT2D eigenvalue weighted by molar-refractivity contribution is 0.984. The Bertz CT molecular complexity index is 712. The van der Waals surface area contributed by atoms with Crippen molar-refractivity contribution in [1.29, 1.82) is 0 Å². The third-order valence-electron chi connectivity index (χ3n) is 2.40. The maximum Gasteiger partial charge on any atom is 0.260 e. The molecule has 3 nitrogen and oxygen atoms in total. The fraction of sp³-hybridized carbons (Fsp3) is 0.0909. The van der Waals surface area contributed by atoms with Gasteiger partial charge in [0.1, 0.15) is 4.83 Å². The summed E-state index contributed by atoms with van der Waals surface area (Å²) in [4.78, 5) is 21.2. The lowest BCUT2D eigenvalue weighted by atomic mass is 10.2. The molecule has 6 heteroatoms. The zero-order valence-corrected chi connectivity index (χ0v) is 11.3. The van der Waals surface area contributed by atoms with E-state index < -0.39 is 0 Å². The lowest BCUT2D eigenvalue weighted by Gasteiger charge is -1.97. The van der Waals surface area contributed by atoms with E-state index in [1.807, 2.05) is 29.1 Å². The van der Waals surface area contributed by atoms with Crippen LogP contribution in [-0.2, 0) is 0 Å². The SMILES string of the molecule is CSc1nc2scc(-c3cccs3)c2c(=O)[nH]1. The number of fused-ring (bicyclic) bond motifs is 1. The minimum atomic E-state index is -0.0519. The normalized spacial score (nSPS) is 11.1. The van der Waals surface area contributed by atoms with Crippen LogP contribution in [0.2, 0.25) is 0 Å². The molecule has 0 saturated carbocycles. The molecular weight excluding hydrogens is 272 g/mol. The average molecular weight is 280 g/mol. The minimum Gasteiger partial charge on any atom is -0.301 e. The lowest BCUT2D eigenvalue weighted by Crippen LogP contribution is -2.08. The fourth-order valence-electron chi connectivity index (χ4n) is 1.64. The first-order chi connectivity index (χ1) is 8.29. The van der Waals surface area contributed by atoms with Gasteiger partial charge in [-0.05, 0) is 17.7 Å². The molecule has 0 radical (unpaired) electrons. The average Bonchev–Trinajstić information content (AvgIpc) is 2.96. The highest BCUT2D eigenvalue weighted by Gasteiger charge is 2.12. The number of H-pyrrole nitrogens is 1. The Kier molecular flexibility index (Phi) is 2.78. The van der Waals surface area contributed by atoms with Crippen LogP contribution in [0.15, 0.2) is 32.8 Å². The summed E-state index contributed by atoms with van der Waals surface area (Å²) in [6, 6.07) is 4.01. The molecule has 3 heterocycles. The zero-order chi connectivity index (χ0) is 11.8. The van der Waals surface area contributed by atoms with Crippen molar-refractivity contribution in [1.82, 2.24) is 9.97 Å². The predicted molar refractivity (Wildman–Crippen MR) is 75.3 cm³/mol. The maximum atomic E-state index is 12.0. The molecular formula is C11H8N2OS3. The van der Waals surface area contributed by atoms with Gasteiger partial charge in [-0.25, -0.2) is 4.98 Å². The fourth-order valence-corrected chi connectivity index (χ4v) is 3.84. The monoisotopic (exact) mass is 280 g/mol. The van der Waals surface area contributed by atoms with Crippen LogP contribution in [0.5, 0.6) is 0 Å². The van der Waals surface area contributed by atoms with Crippen molar-refractivity contribution in [2.45, 2.75) is 5.16 Å². The molecule has 1 N–H and O–H groups in total. The number of thioether (sulfide) groups is 1. The summed E-state index contributed by atoms with van der Waals surface area (Å²) in [5, 5.41) is 5.39. The van der Waals surface area contributed by atoms with Crippen molar-refractivity contribution in [3.63, 3.8) is 0 Å². The van der Waals surface area contributed by atoms with Crippen molar-refractivity contribution in [3.8, 4) is 10.4 Å². The van der Waals surface area contributed by atoms with Crippen LogP contribution in [0.3, 0.4) is 0 Å². The summed E-state index contributed by atoms with van der Waals surface area (Å²) in [7, 11) is 0. The Morgan fingerprint density at radius 1 is 1.41 bits per heavy atom. The first kappa shape index (κ1) is 11.0. The van der Waals surface area contributed by atoms with Gasteiger partial charge in [0.05, 0.1) is 5.39 Å². The third-order valence-corrected chi connectivity index (χ3v) is 4.76. The van der Waals surface area contributed by atoms with E-state index in [9.17, 15) is 4.79 Å². The van der Waals surface area contributed by atoms with E-state index in [1.165, 1.54) is 23.1 Å². The Hall–Kier alpha value is -1.11. The predicted octanol–water partition coefficient (Wildman–Crippen LogP) is 3.44. The van der Waals surface area contributed by atoms with Crippen molar-refractivity contribution in [3.05, 3.63) is 33.2 Å². The van der Waals surface area contributed by atoms with Crippen molar-refractivity contribution < 1.29 is 0 Å². The zero-order valence-electron chi connectivity index (χ0n) is 8.89. The van der Waals surface area contributed by atoms with E-state index in [2.05, 4.69) is 9.97 Å². The molecule has 0 aromatic carbocycles. The van der Waals surface area contributed by atoms with Crippen LogP contribution < -0.4 is 5.56 Å². The van der Waals surface area contributed by atoms with E-state index in [0.717, 1.165) is 15.3 Å². The number of nitrogens with zero attached hydrogens (tertiary/aromatic N) is 1. The van der Waals surface area contributed by atoms with Gasteiger partial charge in [0, 0.05) is 15.8 Å². The molecule has 0 aliphatic heterocycles. The number of rotatable bonds is 2. The van der Waals surface area contributed by atoms with Crippen LogP contribution in [0.1, 0.15) is 0 Å². The summed E-state index contributed by atoms with van der Waals surface area (Å²) < 4.78 is 0. The van der Waals surface area contributed by atoms with E-state index in [4.69, 9.17) is 0 Å². The van der Waals surface area contributed by atoms with Gasteiger partial charge < -0.3 is 4.98 Å². The van der Waals surface area contributed by atoms with E-state index in [0.29, 0.717) is 10.5 Å². The molecule has 0 spiro atoms. The van der Waals surface area contributed by atoms with Gasteiger partial charge in [-0.3, -0.25) is 4.79 Å². The highest BCUT2D eigenvalue weighted by atomic mass is 32.2. The van der Waals surface area contributed by atoms with Gasteiger partial charge in [0.15, 0.2) is 5.16 Å². The third kappa shape index (κ3) is 1.82. The van der Waals surface area contributed by atoms with Gasteiger partial charge in [-0.1, -0.05) is 17.8 Å². The van der Waals surface area contributed by atoms with Crippen LogP contribution in [0.4, 0.5) is 0 Å². The molecule has 3 rings (SSSR count). The second kappa shape index (κ2) is 4.29. The van der Waals surface area contributed by atoms with Crippen LogP contribution in [0.25, 0.3) is 20.7 Å². The van der Waals surface area contributed by atoms with Crippen LogP contribution in [-0.4, -0.2) is 16.2 Å². The van der Waals surface area contributed by atoms with Crippen molar-refractivity contribution in [2.75, 3.05) is 6.26 Å². The molecule has 0 aliphatic rings. The Morgan fingerprint density at radius 2 is 2.29 bits per heavy atom. The molecule has 86 valence electrons. The summed E-state index contributed by atoms with van der Waals surface area (Å²) in [6.45, 7) is 0. The number of nitrogens with one attached hydrogen (secondary N) is 1. The Labute approximate surface area is 110 Å². The van der Waals surface area contributed by atoms with Crippen LogP contribution in [0, 0.1) is 0 Å². The first-order valence-electron chi connectivity index (χ1n) is 4.89. The molecule has 0 bridgehead atoms. The second-order valence-corrected chi connectivity index (χ2v) is 5.98. The molecule has 3 aromatic heterocycles. The number of aromatic amines is 1. The minimum absolute atomic E-state index is 0.0519. The number of thiophene rings is 2. The van der Waals surface area contributed by atoms with Gasteiger partial charge >= 0.3 is 0 Å². The molecule has 0 aliphatic carbocycles. The highest BCUT2D eigenvalue weighted by Crippen LogP contribution is 2.33. The molecule has 0 amide bonds. The van der Waals surface area contributed by atoms with E-state index in [-0.39, 0.29) is 5.56 Å². The summed E-state index contributed by atoms with van der Waals surface area (Å²) >= 11 is 4.60. The standard InChI is InChI=1S/C11H8N2OS3/c1-15-11-12-9(14)8-6(5-17-10(8)13-11)7-3-2-4-16-7/h2-5H,1H3,(H,12,13,14). The molecule has 0 fully saturated rings. The molecule has 17 heavy (non-hydrogen) atoms. The van der Waals surface area contributed by atoms with Crippen molar-refractivity contribution in [2.24, 2.45) is 0 Å². The molecule has 0 unspecified atom stereocenters. The van der Waals surface area contributed by atoms with Gasteiger partial charge in [0.25, 0.3) is 5.56 Å². The molecule has 0 atom stereocenters. The van der Waals surface area contributed by atoms with Gasteiger partial charge in [-0.15, -0.1) is 22.7 Å². The largest absolute Gasteiger partial charge is 0.301 e. The van der Waals surface area contributed by atoms with Crippen molar-refractivity contribution >= 4 is 44.7 Å². The number of aromatic nitrogens is 2. The number of hydrogen-bond acceptors (Lipinski definition) is 5. The quantitative estimate of drug-likeness (QED) is 0.578. The Balaban J connectivity index is 2.33. The Morgan fingerprint density at radius 3 is 3.00 bits per heavy atom. The second-order valence-electron chi connectivity index (χ2n) is 3.38. The van der Waals surface area contributed by atoms with E-state index in [1.54, 1.807) is 11.3 Å². The first-order valence-corrected chi connectivity index (χ1v) is 7.87. The highest BCUT2D eigenvalue weighted by molar-refractivity contribution is 7.98. The van der Waals surface area contributed by atoms with Crippen LogP contribution >= 0.6 is 34.4 Å².